The summed E-state index contributed by atoms with van der Waals surface area (Å²) in [5.41, 5.74) is 0.183. The molecule has 0 aliphatic heterocycles. The van der Waals surface area contributed by atoms with Crippen molar-refractivity contribution in [2.75, 3.05) is 17.6 Å². The molecule has 0 saturated carbocycles. The number of sulfonamides is 1. The third kappa shape index (κ3) is 4.23. The lowest BCUT2D eigenvalue weighted by Crippen LogP contribution is -2.22. The molecule has 1 aromatic rings. The molecule has 0 saturated heterocycles. The van der Waals surface area contributed by atoms with Gasteiger partial charge in [-0.2, -0.15) is 0 Å². The number of nitrogens with one attached hydrogen (secondary N) is 1. The van der Waals surface area contributed by atoms with Gasteiger partial charge in [0.2, 0.25) is 10.0 Å². The van der Waals surface area contributed by atoms with E-state index in [1.807, 2.05) is 0 Å². The highest BCUT2D eigenvalue weighted by Crippen LogP contribution is 2.28. The van der Waals surface area contributed by atoms with Crippen molar-refractivity contribution >= 4 is 37.6 Å². The van der Waals surface area contributed by atoms with E-state index < -0.39 is 21.7 Å². The van der Waals surface area contributed by atoms with E-state index in [2.05, 4.69) is 20.7 Å². The number of aliphatic carboxylic acids is 1. The summed E-state index contributed by atoms with van der Waals surface area (Å²) in [6.45, 7) is 0. The summed E-state index contributed by atoms with van der Waals surface area (Å²) in [6.07, 6.45) is 0. The van der Waals surface area contributed by atoms with E-state index >= 15 is 0 Å². The lowest BCUT2D eigenvalue weighted by Gasteiger charge is -2.10. The zero-order valence-electron chi connectivity index (χ0n) is 8.81. The molecule has 6 nitrogen and oxygen atoms in total. The van der Waals surface area contributed by atoms with Crippen LogP contribution in [0.2, 0.25) is 0 Å². The highest BCUT2D eigenvalue weighted by molar-refractivity contribution is 9.10. The van der Waals surface area contributed by atoms with Crippen LogP contribution in [0.3, 0.4) is 0 Å². The van der Waals surface area contributed by atoms with Gasteiger partial charge in [-0.1, -0.05) is 15.9 Å². The van der Waals surface area contributed by atoms with Crippen molar-refractivity contribution in [3.63, 3.8) is 0 Å². The predicted octanol–water partition coefficient (Wildman–Crippen LogP) is 1.28. The summed E-state index contributed by atoms with van der Waals surface area (Å²) in [5, 5.41) is 8.45. The highest BCUT2D eigenvalue weighted by atomic mass is 79.9. The van der Waals surface area contributed by atoms with Crippen LogP contribution < -0.4 is 9.46 Å². The number of carboxylic acid groups (broad SMARTS) is 1. The fourth-order valence-electron chi connectivity index (χ4n) is 1.13. The van der Waals surface area contributed by atoms with E-state index in [1.54, 1.807) is 12.1 Å². The minimum absolute atomic E-state index is 0.183. The van der Waals surface area contributed by atoms with Gasteiger partial charge in [0.05, 0.1) is 12.8 Å². The second-order valence-electron chi connectivity index (χ2n) is 3.10. The predicted molar refractivity (Wildman–Crippen MR) is 65.7 cm³/mol. The van der Waals surface area contributed by atoms with Gasteiger partial charge in [-0.15, -0.1) is 0 Å². The van der Waals surface area contributed by atoms with Gasteiger partial charge in [0.1, 0.15) is 5.75 Å². The second-order valence-corrected chi connectivity index (χ2v) is 5.74. The zero-order valence-corrected chi connectivity index (χ0v) is 11.2. The summed E-state index contributed by atoms with van der Waals surface area (Å²) in [7, 11) is -2.55. The first-order valence-electron chi connectivity index (χ1n) is 4.40. The molecular weight excluding hydrogens is 314 g/mol. The SMILES string of the molecule is COc1ccc(Br)cc1NS(=O)(=O)CC(=O)O. The van der Waals surface area contributed by atoms with E-state index in [0.29, 0.717) is 10.2 Å². The highest BCUT2D eigenvalue weighted by Gasteiger charge is 2.17. The average molecular weight is 324 g/mol. The molecule has 0 aliphatic rings. The van der Waals surface area contributed by atoms with Crippen LogP contribution in [0.25, 0.3) is 0 Å². The van der Waals surface area contributed by atoms with Crippen molar-refractivity contribution in [3.05, 3.63) is 22.7 Å². The molecule has 8 heteroatoms. The Morgan fingerprint density at radius 1 is 1.53 bits per heavy atom. The van der Waals surface area contributed by atoms with Crippen molar-refractivity contribution in [2.45, 2.75) is 0 Å². The Morgan fingerprint density at radius 2 is 2.18 bits per heavy atom. The fourth-order valence-corrected chi connectivity index (χ4v) is 2.38. The molecule has 94 valence electrons. The molecule has 1 rings (SSSR count). The Morgan fingerprint density at radius 3 is 2.71 bits per heavy atom. The van der Waals surface area contributed by atoms with E-state index in [1.165, 1.54) is 13.2 Å². The molecule has 0 unspecified atom stereocenters. The first-order chi connectivity index (χ1) is 7.84. The molecule has 1 aromatic carbocycles. The molecule has 0 atom stereocenters. The lowest BCUT2D eigenvalue weighted by atomic mass is 10.3. The summed E-state index contributed by atoms with van der Waals surface area (Å²) in [4.78, 5) is 10.4. The number of ether oxygens (including phenoxy) is 1. The minimum Gasteiger partial charge on any atom is -0.495 e. The van der Waals surface area contributed by atoms with Crippen molar-refractivity contribution in [1.82, 2.24) is 0 Å². The van der Waals surface area contributed by atoms with E-state index in [4.69, 9.17) is 9.84 Å². The lowest BCUT2D eigenvalue weighted by molar-refractivity contribution is -0.134. The van der Waals surface area contributed by atoms with Crippen LogP contribution in [-0.2, 0) is 14.8 Å². The maximum atomic E-state index is 11.4. The van der Waals surface area contributed by atoms with Gasteiger partial charge in [-0.05, 0) is 18.2 Å². The van der Waals surface area contributed by atoms with Crippen LogP contribution in [0.5, 0.6) is 5.75 Å². The van der Waals surface area contributed by atoms with Crippen LogP contribution in [0, 0.1) is 0 Å². The summed E-state index contributed by atoms with van der Waals surface area (Å²) in [5.74, 6) is -2.11. The van der Waals surface area contributed by atoms with Gasteiger partial charge in [0.25, 0.3) is 0 Å². The minimum atomic E-state index is -3.93. The standard InChI is InChI=1S/C9H10BrNO5S/c1-16-8-3-2-6(10)4-7(8)11-17(14,15)5-9(12)13/h2-4,11H,5H2,1H3,(H,12,13). The van der Waals surface area contributed by atoms with Gasteiger partial charge in [0, 0.05) is 4.47 Å². The molecule has 0 bridgehead atoms. The largest absolute Gasteiger partial charge is 0.495 e. The number of benzene rings is 1. The number of halogens is 1. The summed E-state index contributed by atoms with van der Waals surface area (Å²) < 4.78 is 30.6. The molecule has 0 fully saturated rings. The molecule has 0 heterocycles. The first kappa shape index (κ1) is 13.8. The number of rotatable bonds is 5. The van der Waals surface area contributed by atoms with Gasteiger partial charge in [-0.3, -0.25) is 9.52 Å². The Labute approximate surface area is 107 Å². The molecule has 0 spiro atoms. The van der Waals surface area contributed by atoms with Crippen LogP contribution in [0.15, 0.2) is 22.7 Å². The van der Waals surface area contributed by atoms with Gasteiger partial charge < -0.3 is 9.84 Å². The number of anilines is 1. The normalized spacial score (nSPS) is 10.9. The van der Waals surface area contributed by atoms with Crippen LogP contribution in [-0.4, -0.2) is 32.4 Å². The quantitative estimate of drug-likeness (QED) is 0.851. The van der Waals surface area contributed by atoms with Crippen molar-refractivity contribution in [3.8, 4) is 5.75 Å². The van der Waals surface area contributed by atoms with Crippen molar-refractivity contribution in [1.29, 1.82) is 0 Å². The van der Waals surface area contributed by atoms with E-state index in [9.17, 15) is 13.2 Å². The molecule has 0 amide bonds. The zero-order chi connectivity index (χ0) is 13.1. The Hall–Kier alpha value is -1.28. The molecule has 0 aromatic heterocycles. The summed E-state index contributed by atoms with van der Waals surface area (Å²) in [6, 6.07) is 4.72. The van der Waals surface area contributed by atoms with Crippen LogP contribution in [0.4, 0.5) is 5.69 Å². The molecular formula is C9H10BrNO5S. The summed E-state index contributed by atoms with van der Waals surface area (Å²) >= 11 is 3.18. The van der Waals surface area contributed by atoms with E-state index in [-0.39, 0.29) is 5.69 Å². The van der Waals surface area contributed by atoms with Crippen LogP contribution >= 0.6 is 15.9 Å². The average Bonchev–Trinajstić information content (AvgIpc) is 2.14. The number of carboxylic acids is 1. The van der Waals surface area contributed by atoms with Gasteiger partial charge >= 0.3 is 5.97 Å². The topological polar surface area (TPSA) is 92.7 Å². The maximum Gasteiger partial charge on any atom is 0.320 e. The number of methoxy groups -OCH3 is 1. The Bertz CT molecular complexity index is 528. The van der Waals surface area contributed by atoms with Gasteiger partial charge in [0.15, 0.2) is 5.75 Å². The Balaban J connectivity index is 3.02. The Kier molecular flexibility index (Phi) is 4.35. The fraction of sp³-hybridized carbons (Fsp3) is 0.222. The maximum absolute atomic E-state index is 11.4. The molecule has 2 N–H and O–H groups in total. The van der Waals surface area contributed by atoms with Crippen molar-refractivity contribution in [2.24, 2.45) is 0 Å². The number of carbonyl (C=O) groups is 1. The smallest absolute Gasteiger partial charge is 0.320 e. The number of hydrogen-bond acceptors (Lipinski definition) is 4. The third-order valence-electron chi connectivity index (χ3n) is 1.74. The van der Waals surface area contributed by atoms with Crippen molar-refractivity contribution < 1.29 is 23.1 Å². The number of hydrogen-bond donors (Lipinski definition) is 2. The molecule has 0 aliphatic carbocycles. The molecule has 17 heavy (non-hydrogen) atoms. The van der Waals surface area contributed by atoms with E-state index in [0.717, 1.165) is 0 Å². The first-order valence-corrected chi connectivity index (χ1v) is 6.84. The molecule has 0 radical (unpaired) electrons. The monoisotopic (exact) mass is 323 g/mol. The van der Waals surface area contributed by atoms with Gasteiger partial charge in [-0.25, -0.2) is 8.42 Å². The van der Waals surface area contributed by atoms with Crippen LogP contribution in [0.1, 0.15) is 0 Å². The third-order valence-corrected chi connectivity index (χ3v) is 3.39. The second kappa shape index (κ2) is 5.37.